The standard InChI is InChI=1S/C17H24FNO3/c1-21-11-5-7-14-6-3-4-10-19(14)17(20)15-12-13(18)8-9-16(15)22-2/h8-9,12,14H,3-7,10-11H2,1-2H3/t14-/m1/s1. The molecule has 0 bridgehead atoms. The molecule has 122 valence electrons. The summed E-state index contributed by atoms with van der Waals surface area (Å²) in [6.07, 6.45) is 4.95. The van der Waals surface area contributed by atoms with Crippen LogP contribution in [0.25, 0.3) is 0 Å². The van der Waals surface area contributed by atoms with Crippen LogP contribution in [0.1, 0.15) is 42.5 Å². The van der Waals surface area contributed by atoms with Crippen LogP contribution in [0.15, 0.2) is 18.2 Å². The minimum Gasteiger partial charge on any atom is -0.496 e. The molecule has 1 aromatic carbocycles. The number of amides is 1. The zero-order valence-corrected chi connectivity index (χ0v) is 13.3. The average Bonchev–Trinajstić information content (AvgIpc) is 2.55. The van der Waals surface area contributed by atoms with Crippen LogP contribution in [0.5, 0.6) is 5.75 Å². The molecule has 0 spiro atoms. The number of likely N-dealkylation sites (tertiary alicyclic amines) is 1. The van der Waals surface area contributed by atoms with Crippen LogP contribution in [0.3, 0.4) is 0 Å². The lowest BCUT2D eigenvalue weighted by molar-refractivity contribution is 0.0581. The first-order valence-electron chi connectivity index (χ1n) is 7.80. The first kappa shape index (κ1) is 16.7. The summed E-state index contributed by atoms with van der Waals surface area (Å²) in [5, 5.41) is 0. The van der Waals surface area contributed by atoms with Crippen molar-refractivity contribution in [2.24, 2.45) is 0 Å². The molecule has 0 radical (unpaired) electrons. The third kappa shape index (κ3) is 3.97. The second-order valence-corrected chi connectivity index (χ2v) is 5.63. The topological polar surface area (TPSA) is 38.8 Å². The highest BCUT2D eigenvalue weighted by molar-refractivity contribution is 5.97. The third-order valence-electron chi connectivity index (χ3n) is 4.17. The summed E-state index contributed by atoms with van der Waals surface area (Å²) in [6, 6.07) is 4.28. The van der Waals surface area contributed by atoms with Gasteiger partial charge in [-0.15, -0.1) is 0 Å². The van der Waals surface area contributed by atoms with Crippen LogP contribution in [0.2, 0.25) is 0 Å². The van der Waals surface area contributed by atoms with E-state index in [9.17, 15) is 9.18 Å². The van der Waals surface area contributed by atoms with E-state index in [0.717, 1.165) is 38.6 Å². The predicted octanol–water partition coefficient (Wildman–Crippen LogP) is 3.26. The summed E-state index contributed by atoms with van der Waals surface area (Å²) in [5.74, 6) is -0.136. The van der Waals surface area contributed by atoms with Crippen LogP contribution >= 0.6 is 0 Å². The molecule has 5 heteroatoms. The zero-order valence-electron chi connectivity index (χ0n) is 13.3. The van der Waals surface area contributed by atoms with Crippen LogP contribution in [0, 0.1) is 5.82 Å². The normalized spacial score (nSPS) is 18.3. The second kappa shape index (κ2) is 8.13. The molecular weight excluding hydrogens is 285 g/mol. The lowest BCUT2D eigenvalue weighted by Crippen LogP contribution is -2.44. The Hall–Kier alpha value is -1.62. The largest absolute Gasteiger partial charge is 0.496 e. The van der Waals surface area contributed by atoms with E-state index in [4.69, 9.17) is 9.47 Å². The highest BCUT2D eigenvalue weighted by atomic mass is 19.1. The molecule has 0 N–H and O–H groups in total. The van der Waals surface area contributed by atoms with Gasteiger partial charge < -0.3 is 14.4 Å². The zero-order chi connectivity index (χ0) is 15.9. The van der Waals surface area contributed by atoms with Crippen molar-refractivity contribution in [3.05, 3.63) is 29.6 Å². The minimum absolute atomic E-state index is 0.140. The number of rotatable bonds is 6. The summed E-state index contributed by atoms with van der Waals surface area (Å²) in [7, 11) is 3.18. The van der Waals surface area contributed by atoms with Crippen LogP contribution in [0.4, 0.5) is 4.39 Å². The van der Waals surface area contributed by atoms with E-state index in [1.165, 1.54) is 25.3 Å². The molecule has 1 aliphatic rings. The van der Waals surface area contributed by atoms with E-state index in [1.54, 1.807) is 7.11 Å². The Kier molecular flexibility index (Phi) is 6.19. The van der Waals surface area contributed by atoms with Crippen LogP contribution < -0.4 is 4.74 Å². The molecule has 1 aliphatic heterocycles. The number of benzene rings is 1. The lowest BCUT2D eigenvalue weighted by Gasteiger charge is -2.36. The number of hydrogen-bond donors (Lipinski definition) is 0. The van der Waals surface area contributed by atoms with E-state index in [1.807, 2.05) is 4.90 Å². The highest BCUT2D eigenvalue weighted by Gasteiger charge is 2.28. The van der Waals surface area contributed by atoms with Gasteiger partial charge in [0.2, 0.25) is 0 Å². The van der Waals surface area contributed by atoms with E-state index < -0.39 is 5.82 Å². The van der Waals surface area contributed by atoms with Gasteiger partial charge in [0.25, 0.3) is 5.91 Å². The number of methoxy groups -OCH3 is 2. The van der Waals surface area contributed by atoms with Crippen molar-refractivity contribution >= 4 is 5.91 Å². The number of hydrogen-bond acceptors (Lipinski definition) is 3. The molecule has 1 saturated heterocycles. The second-order valence-electron chi connectivity index (χ2n) is 5.63. The van der Waals surface area contributed by atoms with Crippen molar-refractivity contribution < 1.29 is 18.7 Å². The fraction of sp³-hybridized carbons (Fsp3) is 0.588. The molecule has 1 atom stereocenters. The Morgan fingerprint density at radius 3 is 2.91 bits per heavy atom. The Morgan fingerprint density at radius 1 is 1.36 bits per heavy atom. The molecule has 2 rings (SSSR count). The summed E-state index contributed by atoms with van der Waals surface area (Å²) < 4.78 is 23.8. The van der Waals surface area contributed by atoms with Crippen molar-refractivity contribution in [3.8, 4) is 5.75 Å². The summed E-state index contributed by atoms with van der Waals surface area (Å²) >= 11 is 0. The number of carbonyl (C=O) groups excluding carboxylic acids is 1. The van der Waals surface area contributed by atoms with Crippen molar-refractivity contribution in [2.75, 3.05) is 27.4 Å². The first-order chi connectivity index (χ1) is 10.7. The molecule has 22 heavy (non-hydrogen) atoms. The first-order valence-corrected chi connectivity index (χ1v) is 7.80. The molecule has 1 amide bonds. The average molecular weight is 309 g/mol. The van der Waals surface area contributed by atoms with Crippen molar-refractivity contribution in [1.82, 2.24) is 4.90 Å². The molecule has 0 unspecified atom stereocenters. The molecule has 4 nitrogen and oxygen atoms in total. The summed E-state index contributed by atoms with van der Waals surface area (Å²) in [5.41, 5.74) is 0.307. The molecule has 1 aromatic rings. The van der Waals surface area contributed by atoms with Gasteiger partial charge >= 0.3 is 0 Å². The highest BCUT2D eigenvalue weighted by Crippen LogP contribution is 2.27. The van der Waals surface area contributed by atoms with E-state index in [2.05, 4.69) is 0 Å². The summed E-state index contributed by atoms with van der Waals surface area (Å²) in [4.78, 5) is 14.7. The van der Waals surface area contributed by atoms with Gasteiger partial charge in [0.1, 0.15) is 11.6 Å². The van der Waals surface area contributed by atoms with Gasteiger partial charge in [0.05, 0.1) is 12.7 Å². The van der Waals surface area contributed by atoms with Gasteiger partial charge in [-0.1, -0.05) is 0 Å². The molecule has 1 heterocycles. The minimum atomic E-state index is -0.419. The number of ether oxygens (including phenoxy) is 2. The molecule has 0 aromatic heterocycles. The Labute approximate surface area is 131 Å². The van der Waals surface area contributed by atoms with Gasteiger partial charge in [-0.05, 0) is 50.3 Å². The maximum Gasteiger partial charge on any atom is 0.257 e. The van der Waals surface area contributed by atoms with Crippen molar-refractivity contribution in [1.29, 1.82) is 0 Å². The van der Waals surface area contributed by atoms with Gasteiger partial charge in [0.15, 0.2) is 0 Å². The van der Waals surface area contributed by atoms with E-state index >= 15 is 0 Å². The quantitative estimate of drug-likeness (QED) is 0.757. The SMILES string of the molecule is COCCC[C@H]1CCCCN1C(=O)c1cc(F)ccc1OC. The van der Waals surface area contributed by atoms with Gasteiger partial charge in [-0.2, -0.15) is 0 Å². The lowest BCUT2D eigenvalue weighted by atomic mass is 9.97. The van der Waals surface area contributed by atoms with E-state index in [0.29, 0.717) is 17.9 Å². The summed E-state index contributed by atoms with van der Waals surface area (Å²) in [6.45, 7) is 1.41. The maximum atomic E-state index is 13.5. The number of halogens is 1. The molecule has 1 fully saturated rings. The van der Waals surface area contributed by atoms with Gasteiger partial charge in [0, 0.05) is 26.3 Å². The Bertz CT molecular complexity index is 507. The predicted molar refractivity (Wildman–Crippen MR) is 82.7 cm³/mol. The Balaban J connectivity index is 2.16. The number of nitrogens with zero attached hydrogens (tertiary/aromatic N) is 1. The number of carbonyl (C=O) groups is 1. The van der Waals surface area contributed by atoms with E-state index in [-0.39, 0.29) is 11.9 Å². The molecular formula is C17H24FNO3. The Morgan fingerprint density at radius 2 is 2.18 bits per heavy atom. The fourth-order valence-electron chi connectivity index (χ4n) is 3.03. The number of piperidine rings is 1. The van der Waals surface area contributed by atoms with Crippen LogP contribution in [-0.2, 0) is 4.74 Å². The fourth-order valence-corrected chi connectivity index (χ4v) is 3.03. The van der Waals surface area contributed by atoms with Crippen LogP contribution in [-0.4, -0.2) is 44.2 Å². The maximum absolute atomic E-state index is 13.5. The monoisotopic (exact) mass is 309 g/mol. The van der Waals surface area contributed by atoms with Crippen molar-refractivity contribution in [3.63, 3.8) is 0 Å². The molecule has 0 saturated carbocycles. The van der Waals surface area contributed by atoms with Crippen molar-refractivity contribution in [2.45, 2.75) is 38.1 Å². The van der Waals surface area contributed by atoms with Gasteiger partial charge in [-0.25, -0.2) is 4.39 Å². The third-order valence-corrected chi connectivity index (χ3v) is 4.17. The smallest absolute Gasteiger partial charge is 0.257 e. The molecule has 0 aliphatic carbocycles. The van der Waals surface area contributed by atoms with Gasteiger partial charge in [-0.3, -0.25) is 4.79 Å².